The molecule has 1 saturated heterocycles. The molecule has 1 aliphatic heterocycles. The van der Waals surface area contributed by atoms with Crippen molar-refractivity contribution in [2.24, 2.45) is 0 Å². The fraction of sp³-hybridized carbons (Fsp3) is 0.286. The van der Waals surface area contributed by atoms with Crippen molar-refractivity contribution in [2.45, 2.75) is 0 Å². The van der Waals surface area contributed by atoms with Crippen LogP contribution < -0.4 is 10.2 Å². The summed E-state index contributed by atoms with van der Waals surface area (Å²) >= 11 is 0. The summed E-state index contributed by atoms with van der Waals surface area (Å²) in [7, 11) is 0. The zero-order valence-electron chi connectivity index (χ0n) is 10.8. The maximum atomic E-state index is 13.3. The molecule has 20 heavy (non-hydrogen) atoms. The van der Waals surface area contributed by atoms with Crippen LogP contribution in [0.1, 0.15) is 10.4 Å². The Kier molecular flexibility index (Phi) is 3.23. The van der Waals surface area contributed by atoms with Crippen LogP contribution in [0.15, 0.2) is 24.3 Å². The number of fused-ring (bicyclic) bond motifs is 1. The average Bonchev–Trinajstić information content (AvgIpc) is 2.46. The number of halogens is 1. The van der Waals surface area contributed by atoms with E-state index < -0.39 is 11.8 Å². The molecule has 0 saturated carbocycles. The molecule has 0 aliphatic carbocycles. The Balaban J connectivity index is 2.15. The van der Waals surface area contributed by atoms with Crippen LogP contribution in [0.2, 0.25) is 0 Å². The predicted octanol–water partition coefficient (Wildman–Crippen LogP) is 1.48. The van der Waals surface area contributed by atoms with E-state index in [9.17, 15) is 14.3 Å². The monoisotopic (exact) mass is 275 g/mol. The molecule has 1 aromatic carbocycles. The number of benzene rings is 1. The molecule has 0 bridgehead atoms. The smallest absolute Gasteiger partial charge is 0.336 e. The zero-order valence-corrected chi connectivity index (χ0v) is 10.8. The lowest BCUT2D eigenvalue weighted by Gasteiger charge is -2.28. The van der Waals surface area contributed by atoms with Gasteiger partial charge in [0.1, 0.15) is 11.6 Å². The number of rotatable bonds is 2. The Bertz CT molecular complexity index is 669. The number of nitrogens with zero attached hydrogens (tertiary/aromatic N) is 2. The second-order valence-electron chi connectivity index (χ2n) is 4.73. The molecule has 0 spiro atoms. The highest BCUT2D eigenvalue weighted by Gasteiger charge is 2.17. The SMILES string of the molecule is O=C(O)c1cc(N2CCNCC2)nc2cc(F)ccc12. The highest BCUT2D eigenvalue weighted by Crippen LogP contribution is 2.24. The number of pyridine rings is 1. The standard InChI is InChI=1S/C14H14FN3O2/c15-9-1-2-10-11(14(19)20)8-13(17-12(10)7-9)18-5-3-16-4-6-18/h1-2,7-8,16H,3-6H2,(H,19,20). The molecule has 1 fully saturated rings. The predicted molar refractivity (Wildman–Crippen MR) is 73.7 cm³/mol. The van der Waals surface area contributed by atoms with Crippen molar-refractivity contribution in [1.82, 2.24) is 10.3 Å². The van der Waals surface area contributed by atoms with Gasteiger partial charge in [-0.25, -0.2) is 14.2 Å². The maximum absolute atomic E-state index is 13.3. The van der Waals surface area contributed by atoms with Crippen LogP contribution in [0.3, 0.4) is 0 Å². The van der Waals surface area contributed by atoms with Crippen molar-refractivity contribution >= 4 is 22.7 Å². The summed E-state index contributed by atoms with van der Waals surface area (Å²) in [5, 5.41) is 13.0. The van der Waals surface area contributed by atoms with Gasteiger partial charge in [-0.2, -0.15) is 0 Å². The Labute approximate surface area is 115 Å². The number of aromatic carboxylic acids is 1. The van der Waals surface area contributed by atoms with Gasteiger partial charge in [-0.1, -0.05) is 0 Å². The third-order valence-electron chi connectivity index (χ3n) is 3.43. The number of piperazine rings is 1. The number of carbonyl (C=O) groups is 1. The van der Waals surface area contributed by atoms with E-state index in [2.05, 4.69) is 10.3 Å². The molecule has 1 aromatic heterocycles. The van der Waals surface area contributed by atoms with Gasteiger partial charge in [0.25, 0.3) is 0 Å². The third-order valence-corrected chi connectivity index (χ3v) is 3.43. The van der Waals surface area contributed by atoms with Gasteiger partial charge in [0.15, 0.2) is 0 Å². The molecule has 0 atom stereocenters. The lowest BCUT2D eigenvalue weighted by molar-refractivity contribution is 0.0699. The van der Waals surface area contributed by atoms with Crippen LogP contribution in [0.5, 0.6) is 0 Å². The van der Waals surface area contributed by atoms with Crippen molar-refractivity contribution in [3.05, 3.63) is 35.6 Å². The molecule has 0 amide bonds. The van der Waals surface area contributed by atoms with Gasteiger partial charge in [0.05, 0.1) is 11.1 Å². The second kappa shape index (κ2) is 5.05. The summed E-state index contributed by atoms with van der Waals surface area (Å²) in [5.41, 5.74) is 0.530. The molecule has 5 nitrogen and oxygen atoms in total. The molecule has 0 radical (unpaired) electrons. The quantitative estimate of drug-likeness (QED) is 0.869. The Morgan fingerprint density at radius 3 is 2.75 bits per heavy atom. The molecular formula is C14H14FN3O2. The Hall–Kier alpha value is -2.21. The van der Waals surface area contributed by atoms with Crippen LogP contribution in [0.25, 0.3) is 10.9 Å². The van der Waals surface area contributed by atoms with E-state index in [0.29, 0.717) is 16.7 Å². The first-order valence-corrected chi connectivity index (χ1v) is 6.44. The van der Waals surface area contributed by atoms with Crippen LogP contribution in [0, 0.1) is 5.82 Å². The van der Waals surface area contributed by atoms with E-state index in [1.54, 1.807) is 6.07 Å². The van der Waals surface area contributed by atoms with Crippen molar-refractivity contribution < 1.29 is 14.3 Å². The fourth-order valence-corrected chi connectivity index (χ4v) is 2.42. The van der Waals surface area contributed by atoms with Gasteiger partial charge in [0.2, 0.25) is 0 Å². The first-order chi connectivity index (χ1) is 9.65. The zero-order chi connectivity index (χ0) is 14.1. The van der Waals surface area contributed by atoms with Gasteiger partial charge in [-0.3, -0.25) is 0 Å². The normalized spacial score (nSPS) is 15.6. The summed E-state index contributed by atoms with van der Waals surface area (Å²) in [6.07, 6.45) is 0. The number of aromatic nitrogens is 1. The maximum Gasteiger partial charge on any atom is 0.336 e. The lowest BCUT2D eigenvalue weighted by Crippen LogP contribution is -2.44. The number of carboxylic acid groups (broad SMARTS) is 1. The molecule has 3 rings (SSSR count). The largest absolute Gasteiger partial charge is 0.478 e. The molecule has 1 aliphatic rings. The first kappa shape index (κ1) is 12.8. The minimum atomic E-state index is -1.03. The summed E-state index contributed by atoms with van der Waals surface area (Å²) in [5.74, 6) is -0.860. The minimum absolute atomic E-state index is 0.156. The van der Waals surface area contributed by atoms with Gasteiger partial charge in [-0.05, 0) is 18.2 Å². The summed E-state index contributed by atoms with van der Waals surface area (Å²) in [6, 6.07) is 5.55. The molecule has 6 heteroatoms. The Morgan fingerprint density at radius 2 is 2.05 bits per heavy atom. The van der Waals surface area contributed by atoms with E-state index in [0.717, 1.165) is 26.2 Å². The van der Waals surface area contributed by atoms with Crippen molar-refractivity contribution in [3.8, 4) is 0 Å². The summed E-state index contributed by atoms with van der Waals surface area (Å²) in [6.45, 7) is 3.16. The van der Waals surface area contributed by atoms with E-state index in [1.807, 2.05) is 4.90 Å². The van der Waals surface area contributed by atoms with Gasteiger partial charge in [0, 0.05) is 37.6 Å². The van der Waals surface area contributed by atoms with E-state index in [-0.39, 0.29) is 5.56 Å². The first-order valence-electron chi connectivity index (χ1n) is 6.44. The molecule has 104 valence electrons. The summed E-state index contributed by atoms with van der Waals surface area (Å²) < 4.78 is 13.3. The molecular weight excluding hydrogens is 261 g/mol. The number of carboxylic acids is 1. The second-order valence-corrected chi connectivity index (χ2v) is 4.73. The third kappa shape index (κ3) is 2.30. The number of nitrogens with one attached hydrogen (secondary N) is 1. The van der Waals surface area contributed by atoms with E-state index in [1.165, 1.54) is 18.2 Å². The van der Waals surface area contributed by atoms with E-state index in [4.69, 9.17) is 0 Å². The molecule has 2 heterocycles. The molecule has 2 aromatic rings. The Morgan fingerprint density at radius 1 is 1.30 bits per heavy atom. The van der Waals surface area contributed by atoms with E-state index >= 15 is 0 Å². The number of hydrogen-bond acceptors (Lipinski definition) is 4. The van der Waals surface area contributed by atoms with Crippen LogP contribution in [-0.4, -0.2) is 42.2 Å². The average molecular weight is 275 g/mol. The van der Waals surface area contributed by atoms with Crippen LogP contribution in [0.4, 0.5) is 10.2 Å². The van der Waals surface area contributed by atoms with Gasteiger partial charge in [-0.15, -0.1) is 0 Å². The van der Waals surface area contributed by atoms with Gasteiger partial charge >= 0.3 is 5.97 Å². The molecule has 2 N–H and O–H groups in total. The van der Waals surface area contributed by atoms with Gasteiger partial charge < -0.3 is 15.3 Å². The van der Waals surface area contributed by atoms with Crippen LogP contribution in [-0.2, 0) is 0 Å². The minimum Gasteiger partial charge on any atom is -0.478 e. The highest BCUT2D eigenvalue weighted by atomic mass is 19.1. The highest BCUT2D eigenvalue weighted by molar-refractivity contribution is 6.03. The van der Waals surface area contributed by atoms with Crippen molar-refractivity contribution in [3.63, 3.8) is 0 Å². The fourth-order valence-electron chi connectivity index (χ4n) is 2.42. The molecule has 0 unspecified atom stereocenters. The summed E-state index contributed by atoms with van der Waals surface area (Å²) in [4.78, 5) is 17.8. The lowest BCUT2D eigenvalue weighted by atomic mass is 10.1. The number of anilines is 1. The van der Waals surface area contributed by atoms with Crippen LogP contribution >= 0.6 is 0 Å². The topological polar surface area (TPSA) is 65.5 Å². The number of hydrogen-bond donors (Lipinski definition) is 2. The van der Waals surface area contributed by atoms with Crippen molar-refractivity contribution in [1.29, 1.82) is 0 Å². The van der Waals surface area contributed by atoms with Crippen molar-refractivity contribution in [2.75, 3.05) is 31.1 Å².